The molecule has 1 unspecified atom stereocenters. The molecule has 0 bridgehead atoms. The summed E-state index contributed by atoms with van der Waals surface area (Å²) in [5, 5.41) is 0. The quantitative estimate of drug-likeness (QED) is 0.444. The van der Waals surface area contributed by atoms with Gasteiger partial charge in [-0.3, -0.25) is 0 Å². The summed E-state index contributed by atoms with van der Waals surface area (Å²) in [6.07, 6.45) is 20.3. The Labute approximate surface area is 127 Å². The SMILES string of the molecule is CCCCCCCC1N(C)C=CN1CCCCCCC. The van der Waals surface area contributed by atoms with Crippen molar-refractivity contribution in [1.82, 2.24) is 9.80 Å². The molecule has 0 fully saturated rings. The first-order valence-corrected chi connectivity index (χ1v) is 8.95. The highest BCUT2D eigenvalue weighted by Crippen LogP contribution is 2.21. The second kappa shape index (κ2) is 11.0. The number of hydrogen-bond donors (Lipinski definition) is 0. The van der Waals surface area contributed by atoms with Gasteiger partial charge < -0.3 is 9.80 Å². The summed E-state index contributed by atoms with van der Waals surface area (Å²) in [7, 11) is 2.23. The Hall–Kier alpha value is -0.660. The molecule has 118 valence electrons. The highest BCUT2D eigenvalue weighted by molar-refractivity contribution is 4.95. The van der Waals surface area contributed by atoms with E-state index < -0.39 is 0 Å². The second-order valence-electron chi connectivity index (χ2n) is 6.30. The highest BCUT2D eigenvalue weighted by Gasteiger charge is 2.22. The molecule has 0 aromatic heterocycles. The van der Waals surface area contributed by atoms with E-state index in [9.17, 15) is 0 Å². The van der Waals surface area contributed by atoms with Crippen molar-refractivity contribution in [3.8, 4) is 0 Å². The van der Waals surface area contributed by atoms with E-state index in [1.54, 1.807) is 0 Å². The molecule has 1 atom stereocenters. The largest absolute Gasteiger partial charge is 0.359 e. The number of unbranched alkanes of at least 4 members (excludes halogenated alkanes) is 8. The molecular formula is C18H36N2. The van der Waals surface area contributed by atoms with Crippen LogP contribution in [0.25, 0.3) is 0 Å². The average molecular weight is 280 g/mol. The minimum atomic E-state index is 0.628. The Balaban J connectivity index is 2.14. The number of rotatable bonds is 12. The molecule has 0 aromatic carbocycles. The van der Waals surface area contributed by atoms with Crippen LogP contribution < -0.4 is 0 Å². The molecule has 0 radical (unpaired) electrons. The Morgan fingerprint density at radius 3 is 2.00 bits per heavy atom. The van der Waals surface area contributed by atoms with Crippen molar-refractivity contribution in [3.05, 3.63) is 12.4 Å². The van der Waals surface area contributed by atoms with Crippen molar-refractivity contribution in [2.45, 2.75) is 90.6 Å². The predicted molar refractivity (Wildman–Crippen MR) is 89.5 cm³/mol. The predicted octanol–water partition coefficient (Wildman–Crippen LogP) is 5.36. The lowest BCUT2D eigenvalue weighted by molar-refractivity contribution is 0.159. The molecule has 20 heavy (non-hydrogen) atoms. The summed E-state index contributed by atoms with van der Waals surface area (Å²) in [5.41, 5.74) is 0. The van der Waals surface area contributed by atoms with Crippen LogP contribution in [-0.4, -0.2) is 29.6 Å². The minimum absolute atomic E-state index is 0.628. The van der Waals surface area contributed by atoms with Crippen LogP contribution in [0.15, 0.2) is 12.4 Å². The average Bonchev–Trinajstić information content (AvgIpc) is 2.79. The van der Waals surface area contributed by atoms with Crippen LogP contribution in [0.3, 0.4) is 0 Å². The van der Waals surface area contributed by atoms with E-state index >= 15 is 0 Å². The maximum atomic E-state index is 2.56. The molecular weight excluding hydrogens is 244 g/mol. The normalized spacial score (nSPS) is 18.2. The van der Waals surface area contributed by atoms with E-state index in [0.29, 0.717) is 6.17 Å². The van der Waals surface area contributed by atoms with Gasteiger partial charge in [-0.2, -0.15) is 0 Å². The van der Waals surface area contributed by atoms with E-state index in [1.165, 1.54) is 77.2 Å². The van der Waals surface area contributed by atoms with Crippen LogP contribution in [0.2, 0.25) is 0 Å². The minimum Gasteiger partial charge on any atom is -0.359 e. The van der Waals surface area contributed by atoms with Gasteiger partial charge in [0, 0.05) is 26.0 Å². The molecule has 0 amide bonds. The number of hydrogen-bond acceptors (Lipinski definition) is 2. The van der Waals surface area contributed by atoms with Gasteiger partial charge in [-0.05, 0) is 19.3 Å². The van der Waals surface area contributed by atoms with Crippen LogP contribution in [0.4, 0.5) is 0 Å². The van der Waals surface area contributed by atoms with Crippen molar-refractivity contribution in [2.75, 3.05) is 13.6 Å². The van der Waals surface area contributed by atoms with Crippen molar-refractivity contribution in [2.24, 2.45) is 0 Å². The third kappa shape index (κ3) is 6.67. The third-order valence-electron chi connectivity index (χ3n) is 4.43. The lowest BCUT2D eigenvalue weighted by Crippen LogP contribution is -2.37. The summed E-state index contributed by atoms with van der Waals surface area (Å²) >= 11 is 0. The Morgan fingerprint density at radius 2 is 1.35 bits per heavy atom. The summed E-state index contributed by atoms with van der Waals surface area (Å²) in [5.74, 6) is 0. The standard InChI is InChI=1S/C18H36N2/c1-4-6-8-10-12-14-18-19(3)16-17-20(18)15-13-11-9-7-5-2/h16-18H,4-15H2,1-3H3. The summed E-state index contributed by atoms with van der Waals surface area (Å²) in [6, 6.07) is 0. The second-order valence-corrected chi connectivity index (χ2v) is 6.30. The van der Waals surface area contributed by atoms with Crippen LogP contribution in [0.5, 0.6) is 0 Å². The van der Waals surface area contributed by atoms with Crippen molar-refractivity contribution in [3.63, 3.8) is 0 Å². The van der Waals surface area contributed by atoms with Gasteiger partial charge >= 0.3 is 0 Å². The molecule has 1 aliphatic rings. The maximum absolute atomic E-state index is 2.56. The monoisotopic (exact) mass is 280 g/mol. The third-order valence-corrected chi connectivity index (χ3v) is 4.43. The highest BCUT2D eigenvalue weighted by atomic mass is 15.4. The van der Waals surface area contributed by atoms with Crippen LogP contribution in [-0.2, 0) is 0 Å². The fraction of sp³-hybridized carbons (Fsp3) is 0.889. The zero-order chi connectivity index (χ0) is 14.6. The molecule has 1 heterocycles. The summed E-state index contributed by atoms with van der Waals surface area (Å²) in [6.45, 7) is 5.81. The smallest absolute Gasteiger partial charge is 0.100 e. The molecule has 0 N–H and O–H groups in total. The van der Waals surface area contributed by atoms with Gasteiger partial charge in [0.15, 0.2) is 0 Å². The van der Waals surface area contributed by atoms with Crippen LogP contribution in [0, 0.1) is 0 Å². The van der Waals surface area contributed by atoms with Gasteiger partial charge in [-0.25, -0.2) is 0 Å². The number of nitrogens with zero attached hydrogens (tertiary/aromatic N) is 2. The van der Waals surface area contributed by atoms with Crippen molar-refractivity contribution < 1.29 is 0 Å². The van der Waals surface area contributed by atoms with Gasteiger partial charge in [0.2, 0.25) is 0 Å². The zero-order valence-electron chi connectivity index (χ0n) is 14.1. The Bertz CT molecular complexity index is 250. The summed E-state index contributed by atoms with van der Waals surface area (Å²) in [4.78, 5) is 4.96. The fourth-order valence-electron chi connectivity index (χ4n) is 3.04. The lowest BCUT2D eigenvalue weighted by Gasteiger charge is -2.30. The van der Waals surface area contributed by atoms with Gasteiger partial charge in [0.25, 0.3) is 0 Å². The molecule has 0 saturated heterocycles. The Kier molecular flexibility index (Phi) is 9.61. The molecule has 1 rings (SSSR count). The van der Waals surface area contributed by atoms with Crippen molar-refractivity contribution in [1.29, 1.82) is 0 Å². The first kappa shape index (κ1) is 17.4. The Morgan fingerprint density at radius 1 is 0.750 bits per heavy atom. The van der Waals surface area contributed by atoms with E-state index in [4.69, 9.17) is 0 Å². The van der Waals surface area contributed by atoms with E-state index in [2.05, 4.69) is 43.1 Å². The topological polar surface area (TPSA) is 6.48 Å². The molecule has 0 aliphatic carbocycles. The van der Waals surface area contributed by atoms with E-state index in [-0.39, 0.29) is 0 Å². The van der Waals surface area contributed by atoms with Crippen LogP contribution >= 0.6 is 0 Å². The fourth-order valence-corrected chi connectivity index (χ4v) is 3.04. The molecule has 2 heteroatoms. The van der Waals surface area contributed by atoms with Gasteiger partial charge in [-0.1, -0.05) is 65.2 Å². The van der Waals surface area contributed by atoms with Crippen molar-refractivity contribution >= 4 is 0 Å². The van der Waals surface area contributed by atoms with Gasteiger partial charge in [-0.15, -0.1) is 0 Å². The van der Waals surface area contributed by atoms with E-state index in [0.717, 1.165) is 0 Å². The zero-order valence-corrected chi connectivity index (χ0v) is 14.1. The first-order chi connectivity index (χ1) is 9.79. The molecule has 1 aliphatic heterocycles. The van der Waals surface area contributed by atoms with Gasteiger partial charge in [0.1, 0.15) is 6.17 Å². The van der Waals surface area contributed by atoms with Crippen LogP contribution in [0.1, 0.15) is 84.5 Å². The first-order valence-electron chi connectivity index (χ1n) is 8.95. The van der Waals surface area contributed by atoms with Gasteiger partial charge in [0.05, 0.1) is 0 Å². The molecule has 0 spiro atoms. The maximum Gasteiger partial charge on any atom is 0.100 e. The molecule has 2 nitrogen and oxygen atoms in total. The summed E-state index contributed by atoms with van der Waals surface area (Å²) < 4.78 is 0. The van der Waals surface area contributed by atoms with E-state index in [1.807, 2.05) is 0 Å². The lowest BCUT2D eigenvalue weighted by atomic mass is 10.1. The molecule has 0 aromatic rings. The molecule has 0 saturated carbocycles.